The zero-order valence-corrected chi connectivity index (χ0v) is 17.8. The van der Waals surface area contributed by atoms with Gasteiger partial charge in [0.25, 0.3) is 11.8 Å². The van der Waals surface area contributed by atoms with Gasteiger partial charge in [-0.15, -0.1) is 0 Å². The number of amides is 2. The van der Waals surface area contributed by atoms with Gasteiger partial charge in [-0.2, -0.15) is 0 Å². The van der Waals surface area contributed by atoms with Crippen LogP contribution in [0.2, 0.25) is 10.0 Å². The van der Waals surface area contributed by atoms with Gasteiger partial charge in [0.1, 0.15) is 5.75 Å². The molecular weight excluding hydrogens is 423 g/mol. The Hall–Kier alpha value is -3.02. The van der Waals surface area contributed by atoms with Gasteiger partial charge < -0.3 is 15.0 Å². The topological polar surface area (TPSA) is 58.6 Å². The Morgan fingerprint density at radius 2 is 1.73 bits per heavy atom. The predicted octanol–water partition coefficient (Wildman–Crippen LogP) is 5.28. The smallest absolute Gasteiger partial charge is 0.262 e. The Morgan fingerprint density at radius 1 is 0.967 bits per heavy atom. The zero-order chi connectivity index (χ0) is 21.5. The van der Waals surface area contributed by atoms with Crippen LogP contribution in [0.5, 0.6) is 5.75 Å². The van der Waals surface area contributed by atoms with Gasteiger partial charge in [0, 0.05) is 29.9 Å². The number of carbonyl (C=O) groups excluding carboxylic acids is 2. The molecule has 0 aromatic heterocycles. The van der Waals surface area contributed by atoms with Gasteiger partial charge in [0.05, 0.1) is 5.02 Å². The van der Waals surface area contributed by atoms with Crippen molar-refractivity contribution in [2.24, 2.45) is 0 Å². The largest absolute Gasteiger partial charge is 0.482 e. The molecule has 154 valence electrons. The normalized spacial score (nSPS) is 10.4. The predicted molar refractivity (Wildman–Crippen MR) is 119 cm³/mol. The van der Waals surface area contributed by atoms with Crippen LogP contribution in [0, 0.1) is 0 Å². The van der Waals surface area contributed by atoms with Crippen molar-refractivity contribution in [1.29, 1.82) is 0 Å². The molecule has 2 amide bonds. The van der Waals surface area contributed by atoms with E-state index in [2.05, 4.69) is 5.32 Å². The van der Waals surface area contributed by atoms with Crippen molar-refractivity contribution in [2.75, 3.05) is 19.0 Å². The van der Waals surface area contributed by atoms with Gasteiger partial charge in [-0.25, -0.2) is 0 Å². The van der Waals surface area contributed by atoms with E-state index in [0.717, 1.165) is 5.56 Å². The molecule has 0 atom stereocenters. The molecule has 0 heterocycles. The third-order valence-corrected chi connectivity index (χ3v) is 4.79. The maximum Gasteiger partial charge on any atom is 0.262 e. The van der Waals surface area contributed by atoms with Gasteiger partial charge in [-0.1, -0.05) is 59.6 Å². The van der Waals surface area contributed by atoms with Crippen molar-refractivity contribution in [3.63, 3.8) is 0 Å². The lowest BCUT2D eigenvalue weighted by molar-refractivity contribution is -0.118. The van der Waals surface area contributed by atoms with Crippen LogP contribution in [0.4, 0.5) is 5.69 Å². The van der Waals surface area contributed by atoms with Crippen LogP contribution in [0.25, 0.3) is 0 Å². The molecule has 0 radical (unpaired) electrons. The first kappa shape index (κ1) is 21.7. The van der Waals surface area contributed by atoms with E-state index < -0.39 is 0 Å². The molecule has 0 fully saturated rings. The maximum absolute atomic E-state index is 12.7. The number of ether oxygens (including phenoxy) is 1. The molecule has 0 spiro atoms. The summed E-state index contributed by atoms with van der Waals surface area (Å²) in [5.41, 5.74) is 2.02. The van der Waals surface area contributed by atoms with Crippen LogP contribution in [-0.4, -0.2) is 30.4 Å². The summed E-state index contributed by atoms with van der Waals surface area (Å²) >= 11 is 11.9. The summed E-state index contributed by atoms with van der Waals surface area (Å²) in [5, 5.41) is 3.53. The molecule has 0 aliphatic heterocycles. The Morgan fingerprint density at radius 3 is 2.47 bits per heavy atom. The molecule has 1 N–H and O–H groups in total. The average molecular weight is 443 g/mol. The molecule has 3 rings (SSSR count). The van der Waals surface area contributed by atoms with Crippen molar-refractivity contribution in [1.82, 2.24) is 4.90 Å². The first-order chi connectivity index (χ1) is 14.4. The standard InChI is InChI=1S/C23H20Cl2N2O3/c1-27(14-16-6-3-2-4-7-16)23(29)17-8-5-9-19(12-17)26-22(28)15-30-21-11-10-18(24)13-20(21)25/h2-13H,14-15H2,1H3,(H,26,28). The lowest BCUT2D eigenvalue weighted by Crippen LogP contribution is -2.26. The molecule has 0 bridgehead atoms. The summed E-state index contributed by atoms with van der Waals surface area (Å²) in [6, 6.07) is 21.3. The second-order valence-electron chi connectivity index (χ2n) is 6.64. The highest BCUT2D eigenvalue weighted by Crippen LogP contribution is 2.27. The van der Waals surface area contributed by atoms with Crippen LogP contribution in [0.15, 0.2) is 72.8 Å². The Bertz CT molecular complexity index is 1040. The quantitative estimate of drug-likeness (QED) is 0.541. The van der Waals surface area contributed by atoms with E-state index in [-0.39, 0.29) is 18.4 Å². The summed E-state index contributed by atoms with van der Waals surface area (Å²) in [6.07, 6.45) is 0. The molecule has 0 aliphatic rings. The highest BCUT2D eigenvalue weighted by Gasteiger charge is 2.13. The molecule has 5 nitrogen and oxygen atoms in total. The number of benzene rings is 3. The van der Waals surface area contributed by atoms with Crippen molar-refractivity contribution < 1.29 is 14.3 Å². The summed E-state index contributed by atoms with van der Waals surface area (Å²) in [6.45, 7) is 0.263. The third kappa shape index (κ3) is 5.99. The molecule has 30 heavy (non-hydrogen) atoms. The van der Waals surface area contributed by atoms with Gasteiger partial charge >= 0.3 is 0 Å². The first-order valence-corrected chi connectivity index (χ1v) is 9.95. The van der Waals surface area contributed by atoms with Crippen molar-refractivity contribution in [2.45, 2.75) is 6.54 Å². The van der Waals surface area contributed by atoms with E-state index in [0.29, 0.717) is 33.6 Å². The fourth-order valence-electron chi connectivity index (χ4n) is 2.81. The molecule has 7 heteroatoms. The Balaban J connectivity index is 1.59. The minimum absolute atomic E-state index is 0.140. The second-order valence-corrected chi connectivity index (χ2v) is 7.48. The van der Waals surface area contributed by atoms with Crippen LogP contribution in [-0.2, 0) is 11.3 Å². The van der Waals surface area contributed by atoms with E-state index in [4.69, 9.17) is 27.9 Å². The van der Waals surface area contributed by atoms with E-state index in [9.17, 15) is 9.59 Å². The molecule has 0 saturated carbocycles. The van der Waals surface area contributed by atoms with Crippen molar-refractivity contribution in [3.8, 4) is 5.75 Å². The summed E-state index contributed by atoms with van der Waals surface area (Å²) in [7, 11) is 1.74. The SMILES string of the molecule is CN(Cc1ccccc1)C(=O)c1cccc(NC(=O)COc2ccc(Cl)cc2Cl)c1. The minimum atomic E-state index is -0.372. The number of rotatable bonds is 7. The summed E-state index contributed by atoms with van der Waals surface area (Å²) in [4.78, 5) is 26.6. The highest BCUT2D eigenvalue weighted by molar-refractivity contribution is 6.35. The van der Waals surface area contributed by atoms with Crippen LogP contribution < -0.4 is 10.1 Å². The summed E-state index contributed by atoms with van der Waals surface area (Å²) in [5.74, 6) is -0.148. The number of halogens is 2. The number of carbonyl (C=O) groups is 2. The van der Waals surface area contributed by atoms with Gasteiger partial charge in [0.15, 0.2) is 6.61 Å². The van der Waals surface area contributed by atoms with E-state index in [1.165, 1.54) is 6.07 Å². The molecule has 3 aromatic carbocycles. The average Bonchev–Trinajstić information content (AvgIpc) is 2.73. The lowest BCUT2D eigenvalue weighted by Gasteiger charge is -2.18. The molecule has 3 aromatic rings. The number of nitrogens with one attached hydrogen (secondary N) is 1. The summed E-state index contributed by atoms with van der Waals surface area (Å²) < 4.78 is 5.43. The fourth-order valence-corrected chi connectivity index (χ4v) is 3.28. The second kappa shape index (κ2) is 10.1. The monoisotopic (exact) mass is 442 g/mol. The Kier molecular flexibility index (Phi) is 7.33. The molecule has 0 saturated heterocycles. The van der Waals surface area contributed by atoms with Gasteiger partial charge in [0.2, 0.25) is 0 Å². The van der Waals surface area contributed by atoms with Crippen molar-refractivity contribution in [3.05, 3.63) is 94.0 Å². The highest BCUT2D eigenvalue weighted by atomic mass is 35.5. The number of hydrogen-bond donors (Lipinski definition) is 1. The molecule has 0 unspecified atom stereocenters. The van der Waals surface area contributed by atoms with Gasteiger partial charge in [-0.3, -0.25) is 9.59 Å². The van der Waals surface area contributed by atoms with Crippen LogP contribution in [0.1, 0.15) is 15.9 Å². The Labute approximate surface area is 185 Å². The van der Waals surface area contributed by atoms with E-state index >= 15 is 0 Å². The fraction of sp³-hybridized carbons (Fsp3) is 0.130. The first-order valence-electron chi connectivity index (χ1n) is 9.19. The number of anilines is 1. The zero-order valence-electron chi connectivity index (χ0n) is 16.3. The maximum atomic E-state index is 12.7. The molecular formula is C23H20Cl2N2O3. The lowest BCUT2D eigenvalue weighted by atomic mass is 10.1. The molecule has 0 aliphatic carbocycles. The van der Waals surface area contributed by atoms with Gasteiger partial charge in [-0.05, 0) is 42.0 Å². The minimum Gasteiger partial charge on any atom is -0.482 e. The number of hydrogen-bond acceptors (Lipinski definition) is 3. The third-order valence-electron chi connectivity index (χ3n) is 4.26. The number of nitrogens with zero attached hydrogens (tertiary/aromatic N) is 1. The van der Waals surface area contributed by atoms with E-state index in [1.54, 1.807) is 48.3 Å². The van der Waals surface area contributed by atoms with Crippen molar-refractivity contribution >= 4 is 40.7 Å². The van der Waals surface area contributed by atoms with Crippen LogP contribution >= 0.6 is 23.2 Å². The van der Waals surface area contributed by atoms with Crippen LogP contribution in [0.3, 0.4) is 0 Å². The van der Waals surface area contributed by atoms with E-state index in [1.807, 2.05) is 30.3 Å².